The number of benzene rings is 1. The largest absolute Gasteiger partial charge is 0.484 e. The van der Waals surface area contributed by atoms with Crippen molar-refractivity contribution in [3.05, 3.63) is 29.8 Å². The van der Waals surface area contributed by atoms with Crippen molar-refractivity contribution in [1.82, 2.24) is 10.6 Å². The van der Waals surface area contributed by atoms with E-state index in [0.717, 1.165) is 50.5 Å². The first-order chi connectivity index (χ1) is 12.2. The molecule has 0 atom stereocenters. The van der Waals surface area contributed by atoms with Gasteiger partial charge in [0.15, 0.2) is 12.6 Å². The van der Waals surface area contributed by atoms with E-state index in [9.17, 15) is 4.79 Å². The Morgan fingerprint density at radius 2 is 2.04 bits per heavy atom. The summed E-state index contributed by atoms with van der Waals surface area (Å²) in [5, 5.41) is 6.49. The molecule has 0 aliphatic rings. The van der Waals surface area contributed by atoms with Crippen LogP contribution >= 0.6 is 0 Å². The van der Waals surface area contributed by atoms with Crippen LogP contribution in [-0.2, 0) is 16.1 Å². The summed E-state index contributed by atoms with van der Waals surface area (Å²) in [4.78, 5) is 15.0. The van der Waals surface area contributed by atoms with Gasteiger partial charge in [-0.2, -0.15) is 0 Å². The molecule has 0 fully saturated rings. The summed E-state index contributed by atoms with van der Waals surface area (Å²) < 4.78 is 10.8. The molecule has 0 aromatic heterocycles. The van der Waals surface area contributed by atoms with Gasteiger partial charge in [-0.1, -0.05) is 25.5 Å². The van der Waals surface area contributed by atoms with Crippen LogP contribution in [0.1, 0.15) is 31.7 Å². The van der Waals surface area contributed by atoms with Crippen LogP contribution < -0.4 is 21.1 Å². The lowest BCUT2D eigenvalue weighted by Crippen LogP contribution is -2.37. The first kappa shape index (κ1) is 20.8. The second-order valence-corrected chi connectivity index (χ2v) is 5.57. The van der Waals surface area contributed by atoms with Crippen molar-refractivity contribution in [2.45, 2.75) is 32.7 Å². The molecule has 0 aliphatic heterocycles. The van der Waals surface area contributed by atoms with Gasteiger partial charge in [0, 0.05) is 33.4 Å². The van der Waals surface area contributed by atoms with Crippen molar-refractivity contribution in [2.75, 3.05) is 33.4 Å². The molecule has 1 aromatic rings. The van der Waals surface area contributed by atoms with Crippen molar-refractivity contribution in [1.29, 1.82) is 0 Å². The molecule has 1 amide bonds. The maximum absolute atomic E-state index is 10.8. The number of ether oxygens (including phenoxy) is 2. The van der Waals surface area contributed by atoms with Crippen LogP contribution in [0.5, 0.6) is 5.75 Å². The van der Waals surface area contributed by atoms with E-state index in [1.165, 1.54) is 0 Å². The van der Waals surface area contributed by atoms with Gasteiger partial charge in [0.05, 0.1) is 0 Å². The quantitative estimate of drug-likeness (QED) is 0.301. The maximum atomic E-state index is 10.8. The molecule has 25 heavy (non-hydrogen) atoms. The third-order valence-corrected chi connectivity index (χ3v) is 3.36. The fourth-order valence-electron chi connectivity index (χ4n) is 2.04. The normalized spacial score (nSPS) is 11.2. The van der Waals surface area contributed by atoms with Gasteiger partial charge >= 0.3 is 0 Å². The number of rotatable bonds is 12. The third kappa shape index (κ3) is 10.2. The molecule has 1 aromatic carbocycles. The monoisotopic (exact) mass is 350 g/mol. The molecule has 0 saturated carbocycles. The molecule has 0 heterocycles. The molecule has 0 unspecified atom stereocenters. The van der Waals surface area contributed by atoms with Crippen LogP contribution in [0.4, 0.5) is 0 Å². The molecular weight excluding hydrogens is 320 g/mol. The standard InChI is InChI=1S/C18H30N4O3/c1-3-4-10-24-11-6-9-21-18(20-2)22-13-15-7-5-8-16(12-15)25-14-17(19)23/h5,7-8,12H,3-4,6,9-11,13-14H2,1-2H3,(H2,19,23)(H2,20,21,22). The minimum Gasteiger partial charge on any atom is -0.484 e. The Morgan fingerprint density at radius 3 is 2.76 bits per heavy atom. The van der Waals surface area contributed by atoms with Gasteiger partial charge < -0.3 is 25.8 Å². The molecule has 7 nitrogen and oxygen atoms in total. The smallest absolute Gasteiger partial charge is 0.255 e. The van der Waals surface area contributed by atoms with Gasteiger partial charge in [-0.3, -0.25) is 9.79 Å². The Kier molecular flexibility index (Phi) is 10.8. The predicted octanol–water partition coefficient (Wildman–Crippen LogP) is 1.42. The van der Waals surface area contributed by atoms with Crippen molar-refractivity contribution in [3.8, 4) is 5.75 Å². The van der Waals surface area contributed by atoms with Crippen LogP contribution in [0.3, 0.4) is 0 Å². The van der Waals surface area contributed by atoms with Crippen LogP contribution in [0, 0.1) is 0 Å². The average molecular weight is 350 g/mol. The number of hydrogen-bond acceptors (Lipinski definition) is 4. The summed E-state index contributed by atoms with van der Waals surface area (Å²) in [6.07, 6.45) is 3.20. The molecule has 0 bridgehead atoms. The van der Waals surface area contributed by atoms with E-state index in [1.54, 1.807) is 13.1 Å². The molecule has 0 spiro atoms. The van der Waals surface area contributed by atoms with Gasteiger partial charge in [-0.05, 0) is 30.5 Å². The molecule has 0 saturated heterocycles. The minimum atomic E-state index is -0.494. The molecule has 4 N–H and O–H groups in total. The number of primary amides is 1. The second-order valence-electron chi connectivity index (χ2n) is 5.57. The highest BCUT2D eigenvalue weighted by Gasteiger charge is 2.01. The van der Waals surface area contributed by atoms with E-state index in [1.807, 2.05) is 18.2 Å². The lowest BCUT2D eigenvalue weighted by molar-refractivity contribution is -0.119. The fourth-order valence-corrected chi connectivity index (χ4v) is 2.04. The van der Waals surface area contributed by atoms with Crippen molar-refractivity contribution >= 4 is 11.9 Å². The Balaban J connectivity index is 2.27. The summed E-state index contributed by atoms with van der Waals surface area (Å²) in [5.74, 6) is 0.856. The van der Waals surface area contributed by atoms with Gasteiger partial charge in [0.2, 0.25) is 0 Å². The van der Waals surface area contributed by atoms with Crippen LogP contribution in [0.25, 0.3) is 0 Å². The summed E-state index contributed by atoms with van der Waals surface area (Å²) in [6, 6.07) is 7.50. The number of guanidine groups is 1. The molecule has 0 radical (unpaired) electrons. The first-order valence-electron chi connectivity index (χ1n) is 8.68. The lowest BCUT2D eigenvalue weighted by Gasteiger charge is -2.12. The number of nitrogens with one attached hydrogen (secondary N) is 2. The third-order valence-electron chi connectivity index (χ3n) is 3.36. The van der Waals surface area contributed by atoms with Crippen LogP contribution in [-0.4, -0.2) is 45.3 Å². The molecule has 1 rings (SSSR count). The molecular formula is C18H30N4O3. The number of nitrogens with two attached hydrogens (primary N) is 1. The number of amides is 1. The highest BCUT2D eigenvalue weighted by atomic mass is 16.5. The Morgan fingerprint density at radius 1 is 1.24 bits per heavy atom. The molecule has 140 valence electrons. The zero-order chi connectivity index (χ0) is 18.3. The van der Waals surface area contributed by atoms with E-state index in [-0.39, 0.29) is 6.61 Å². The van der Waals surface area contributed by atoms with Crippen molar-refractivity contribution in [3.63, 3.8) is 0 Å². The van der Waals surface area contributed by atoms with Gasteiger partial charge in [-0.25, -0.2) is 0 Å². The maximum Gasteiger partial charge on any atom is 0.255 e. The number of carbonyl (C=O) groups is 1. The van der Waals surface area contributed by atoms with E-state index < -0.39 is 5.91 Å². The van der Waals surface area contributed by atoms with Gasteiger partial charge in [0.25, 0.3) is 5.91 Å². The summed E-state index contributed by atoms with van der Waals surface area (Å²) >= 11 is 0. The van der Waals surface area contributed by atoms with Gasteiger partial charge in [0.1, 0.15) is 5.75 Å². The SMILES string of the molecule is CCCCOCCCNC(=NC)NCc1cccc(OCC(N)=O)c1. The van der Waals surface area contributed by atoms with Gasteiger partial charge in [-0.15, -0.1) is 0 Å². The van der Waals surface area contributed by atoms with E-state index in [0.29, 0.717) is 12.3 Å². The number of aliphatic imine (C=N–C) groups is 1. The summed E-state index contributed by atoms with van der Waals surface area (Å²) in [5.41, 5.74) is 6.10. The number of nitrogens with zero attached hydrogens (tertiary/aromatic N) is 1. The number of unbranched alkanes of at least 4 members (excludes halogenated alkanes) is 1. The highest BCUT2D eigenvalue weighted by molar-refractivity contribution is 5.79. The first-order valence-corrected chi connectivity index (χ1v) is 8.68. The average Bonchev–Trinajstić information content (AvgIpc) is 2.62. The lowest BCUT2D eigenvalue weighted by atomic mass is 10.2. The minimum absolute atomic E-state index is 0.125. The zero-order valence-electron chi connectivity index (χ0n) is 15.2. The van der Waals surface area contributed by atoms with E-state index in [4.69, 9.17) is 15.2 Å². The topological polar surface area (TPSA) is 98.0 Å². The Labute approximate surface area is 150 Å². The predicted molar refractivity (Wildman–Crippen MR) is 99.7 cm³/mol. The second kappa shape index (κ2) is 13.1. The zero-order valence-corrected chi connectivity index (χ0v) is 15.2. The Hall–Kier alpha value is -2.28. The highest BCUT2D eigenvalue weighted by Crippen LogP contribution is 2.12. The van der Waals surface area contributed by atoms with E-state index in [2.05, 4.69) is 22.5 Å². The summed E-state index contributed by atoms with van der Waals surface area (Å²) in [6.45, 7) is 5.01. The van der Waals surface area contributed by atoms with Crippen molar-refractivity contribution < 1.29 is 14.3 Å². The molecule has 0 aliphatic carbocycles. The molecule has 7 heteroatoms. The fraction of sp³-hybridized carbons (Fsp3) is 0.556. The van der Waals surface area contributed by atoms with Crippen LogP contribution in [0.2, 0.25) is 0 Å². The van der Waals surface area contributed by atoms with E-state index >= 15 is 0 Å². The number of carbonyl (C=O) groups excluding carboxylic acids is 1. The Bertz CT molecular complexity index is 535. The van der Waals surface area contributed by atoms with Crippen LogP contribution in [0.15, 0.2) is 29.3 Å². The summed E-state index contributed by atoms with van der Waals surface area (Å²) in [7, 11) is 1.74. The van der Waals surface area contributed by atoms with Crippen molar-refractivity contribution in [2.24, 2.45) is 10.7 Å². The number of hydrogen-bond donors (Lipinski definition) is 3.